The number of carboxylic acids is 1. The smallest absolute Gasteiger partial charge is 0.475 e. The molecule has 1 amide bonds. The summed E-state index contributed by atoms with van der Waals surface area (Å²) in [5.74, 6) is -1.71. The molecular weight excluding hydrogens is 405 g/mol. The molecule has 0 aromatic heterocycles. The number of carbonyl (C=O) groups is 2. The molecule has 0 aromatic carbocycles. The number of hydrogen-bond acceptors (Lipinski definition) is 5. The van der Waals surface area contributed by atoms with Crippen LogP contribution < -0.4 is 0 Å². The van der Waals surface area contributed by atoms with Crippen LogP contribution in [0.1, 0.15) is 39.0 Å². The third-order valence-corrected chi connectivity index (χ3v) is 6.18. The molecule has 174 valence electrons. The lowest BCUT2D eigenvalue weighted by Crippen LogP contribution is -2.43. The first kappa shape index (κ1) is 24.9. The molecular formula is C20H33F3N2O5. The quantitative estimate of drug-likeness (QED) is 0.658. The number of hydrogen-bond donors (Lipinski definition) is 1. The van der Waals surface area contributed by atoms with Crippen molar-refractivity contribution in [1.29, 1.82) is 0 Å². The molecule has 1 unspecified atom stereocenters. The molecule has 30 heavy (non-hydrogen) atoms. The zero-order valence-corrected chi connectivity index (χ0v) is 17.7. The average molecular weight is 438 g/mol. The van der Waals surface area contributed by atoms with Crippen LogP contribution in [-0.2, 0) is 19.1 Å². The van der Waals surface area contributed by atoms with Gasteiger partial charge in [0.1, 0.15) is 0 Å². The molecule has 3 aliphatic rings. The Morgan fingerprint density at radius 2 is 1.77 bits per heavy atom. The molecule has 10 heteroatoms. The third kappa shape index (κ3) is 7.70. The second-order valence-electron chi connectivity index (χ2n) is 8.61. The van der Waals surface area contributed by atoms with Gasteiger partial charge in [0.25, 0.3) is 0 Å². The fraction of sp³-hybridized carbons (Fsp3) is 0.900. The highest BCUT2D eigenvalue weighted by molar-refractivity contribution is 5.73. The lowest BCUT2D eigenvalue weighted by molar-refractivity contribution is -0.192. The van der Waals surface area contributed by atoms with Crippen molar-refractivity contribution in [1.82, 2.24) is 9.80 Å². The minimum atomic E-state index is -5.08. The predicted octanol–water partition coefficient (Wildman–Crippen LogP) is 2.40. The first-order valence-corrected chi connectivity index (χ1v) is 10.4. The van der Waals surface area contributed by atoms with Crippen LogP contribution in [0.25, 0.3) is 0 Å². The summed E-state index contributed by atoms with van der Waals surface area (Å²) in [4.78, 5) is 25.0. The summed E-state index contributed by atoms with van der Waals surface area (Å²) in [6, 6.07) is 0.521. The van der Waals surface area contributed by atoms with Crippen LogP contribution in [0.2, 0.25) is 0 Å². The Balaban J connectivity index is 0.000000396. The summed E-state index contributed by atoms with van der Waals surface area (Å²) in [6.07, 6.45) is 1.10. The summed E-state index contributed by atoms with van der Waals surface area (Å²) in [6.45, 7) is 8.25. The standard InChI is InChI=1S/C18H32N2O3.C2HF3O2/c1-15(21)19-7-5-18(6-8-19)11-17(13-23-12-16-3-4-16)20(14-18)9-10-22-2;3-2(4,5)1(6)7/h16-17H,3-14H2,1-2H3;(H,6,7). The predicted molar refractivity (Wildman–Crippen MR) is 103 cm³/mol. The second-order valence-corrected chi connectivity index (χ2v) is 8.61. The van der Waals surface area contributed by atoms with Gasteiger partial charge in [-0.3, -0.25) is 9.69 Å². The monoisotopic (exact) mass is 438 g/mol. The van der Waals surface area contributed by atoms with Crippen LogP contribution >= 0.6 is 0 Å². The van der Waals surface area contributed by atoms with Gasteiger partial charge in [-0.1, -0.05) is 0 Å². The second kappa shape index (κ2) is 10.8. The van der Waals surface area contributed by atoms with Gasteiger partial charge >= 0.3 is 12.1 Å². The Labute approximate surface area is 175 Å². The number of ether oxygens (including phenoxy) is 2. The topological polar surface area (TPSA) is 79.3 Å². The SMILES string of the molecule is COCCN1CC2(CCN(C(C)=O)CC2)CC1COCC1CC1.O=C(O)C(F)(F)F. The normalized spacial score (nSPS) is 23.9. The largest absolute Gasteiger partial charge is 0.490 e. The van der Waals surface area contributed by atoms with Gasteiger partial charge in [-0.2, -0.15) is 13.2 Å². The average Bonchev–Trinajstić information content (AvgIpc) is 3.43. The van der Waals surface area contributed by atoms with Crippen LogP contribution in [0.4, 0.5) is 13.2 Å². The summed E-state index contributed by atoms with van der Waals surface area (Å²) in [5, 5.41) is 7.12. The van der Waals surface area contributed by atoms with E-state index in [0.29, 0.717) is 11.5 Å². The van der Waals surface area contributed by atoms with E-state index in [4.69, 9.17) is 19.4 Å². The van der Waals surface area contributed by atoms with Gasteiger partial charge in [0.05, 0.1) is 13.2 Å². The highest BCUT2D eigenvalue weighted by Crippen LogP contribution is 2.43. The molecule has 3 fully saturated rings. The lowest BCUT2D eigenvalue weighted by Gasteiger charge is -2.39. The Morgan fingerprint density at radius 1 is 1.17 bits per heavy atom. The number of rotatable bonds is 7. The molecule has 0 aromatic rings. The molecule has 2 saturated heterocycles. The van der Waals surface area contributed by atoms with E-state index in [1.807, 2.05) is 4.90 Å². The van der Waals surface area contributed by atoms with Crippen molar-refractivity contribution < 1.29 is 37.3 Å². The van der Waals surface area contributed by atoms with Crippen molar-refractivity contribution in [3.05, 3.63) is 0 Å². The summed E-state index contributed by atoms with van der Waals surface area (Å²) in [5.41, 5.74) is 0.382. The molecule has 3 rings (SSSR count). The summed E-state index contributed by atoms with van der Waals surface area (Å²) >= 11 is 0. The van der Waals surface area contributed by atoms with E-state index < -0.39 is 12.1 Å². The van der Waals surface area contributed by atoms with Crippen molar-refractivity contribution in [2.45, 2.75) is 51.2 Å². The van der Waals surface area contributed by atoms with Gasteiger partial charge in [0.15, 0.2) is 0 Å². The minimum Gasteiger partial charge on any atom is -0.475 e. The number of nitrogens with zero attached hydrogens (tertiary/aromatic N) is 2. The summed E-state index contributed by atoms with van der Waals surface area (Å²) in [7, 11) is 1.77. The van der Waals surface area contributed by atoms with Gasteiger partial charge in [-0.05, 0) is 43.4 Å². The van der Waals surface area contributed by atoms with E-state index in [0.717, 1.165) is 64.8 Å². The van der Waals surface area contributed by atoms with Crippen molar-refractivity contribution in [2.75, 3.05) is 53.1 Å². The van der Waals surface area contributed by atoms with Crippen LogP contribution in [0.5, 0.6) is 0 Å². The molecule has 2 aliphatic heterocycles. The summed E-state index contributed by atoms with van der Waals surface area (Å²) < 4.78 is 43.0. The van der Waals surface area contributed by atoms with Gasteiger partial charge in [-0.25, -0.2) is 4.79 Å². The number of methoxy groups -OCH3 is 1. The molecule has 1 saturated carbocycles. The van der Waals surface area contributed by atoms with E-state index in [9.17, 15) is 18.0 Å². The van der Waals surface area contributed by atoms with Gasteiger partial charge in [-0.15, -0.1) is 0 Å². The molecule has 7 nitrogen and oxygen atoms in total. The number of carboxylic acid groups (broad SMARTS) is 1. The molecule has 1 aliphatic carbocycles. The van der Waals surface area contributed by atoms with E-state index >= 15 is 0 Å². The van der Waals surface area contributed by atoms with Gasteiger partial charge in [0.2, 0.25) is 5.91 Å². The highest BCUT2D eigenvalue weighted by Gasteiger charge is 2.45. The van der Waals surface area contributed by atoms with E-state index in [1.54, 1.807) is 14.0 Å². The number of aliphatic carboxylic acids is 1. The first-order chi connectivity index (χ1) is 14.1. The number of amides is 1. The Bertz CT molecular complexity index is 575. The highest BCUT2D eigenvalue weighted by atomic mass is 19.4. The van der Waals surface area contributed by atoms with E-state index in [1.165, 1.54) is 19.3 Å². The number of halogens is 3. The van der Waals surface area contributed by atoms with Crippen LogP contribution in [0.3, 0.4) is 0 Å². The van der Waals surface area contributed by atoms with Crippen molar-refractivity contribution in [3.63, 3.8) is 0 Å². The van der Waals surface area contributed by atoms with Crippen molar-refractivity contribution in [3.8, 4) is 0 Å². The molecule has 0 radical (unpaired) electrons. The Hall–Kier alpha value is -1.39. The molecule has 1 N–H and O–H groups in total. The van der Waals surface area contributed by atoms with E-state index in [2.05, 4.69) is 4.90 Å². The minimum absolute atomic E-state index is 0.221. The number of piperidine rings is 1. The molecule has 2 heterocycles. The van der Waals surface area contributed by atoms with Gasteiger partial charge in [0, 0.05) is 52.9 Å². The third-order valence-electron chi connectivity index (χ3n) is 6.18. The number of likely N-dealkylation sites (tertiary alicyclic amines) is 2. The zero-order valence-electron chi connectivity index (χ0n) is 17.7. The molecule has 1 atom stereocenters. The fourth-order valence-electron chi connectivity index (χ4n) is 4.20. The molecule has 1 spiro atoms. The van der Waals surface area contributed by atoms with E-state index in [-0.39, 0.29) is 5.91 Å². The van der Waals surface area contributed by atoms with Crippen molar-refractivity contribution >= 4 is 11.9 Å². The lowest BCUT2D eigenvalue weighted by atomic mass is 9.76. The maximum atomic E-state index is 11.6. The van der Waals surface area contributed by atoms with Crippen LogP contribution in [0.15, 0.2) is 0 Å². The Morgan fingerprint density at radius 3 is 2.23 bits per heavy atom. The van der Waals surface area contributed by atoms with Crippen molar-refractivity contribution in [2.24, 2.45) is 11.3 Å². The molecule has 0 bridgehead atoms. The number of alkyl halides is 3. The van der Waals surface area contributed by atoms with Crippen LogP contribution in [0, 0.1) is 11.3 Å². The van der Waals surface area contributed by atoms with Crippen LogP contribution in [-0.4, -0.2) is 92.1 Å². The maximum Gasteiger partial charge on any atom is 0.490 e. The zero-order chi connectivity index (χ0) is 22.4. The Kier molecular flexibility index (Phi) is 8.93. The fourth-order valence-corrected chi connectivity index (χ4v) is 4.20. The number of carbonyl (C=O) groups excluding carboxylic acids is 1. The van der Waals surface area contributed by atoms with Gasteiger partial charge < -0.3 is 19.5 Å². The maximum absolute atomic E-state index is 11.6. The first-order valence-electron chi connectivity index (χ1n) is 10.4.